The monoisotopic (exact) mass is 902 g/mol. The molecule has 0 nitrogen and oxygen atoms in total. The number of fused-ring (bicyclic) bond motifs is 8. The SMILES string of the molecule is c1ccc(C2(c3ccccc3)c3cc(-c4ccc(-c5c6ccccc6c(-c6cc7ccccc7c7ccccc67)c6ccccc56)c5ccccc45)cc4sc5c6cccc7c6c(c2c5c34)CC7)cc1. The van der Waals surface area contributed by atoms with Crippen LogP contribution in [0.2, 0.25) is 0 Å². The van der Waals surface area contributed by atoms with Crippen LogP contribution >= 0.6 is 11.3 Å². The fraction of sp³-hybridized carbons (Fsp3) is 0.0435. The van der Waals surface area contributed by atoms with Crippen LogP contribution in [0.1, 0.15) is 33.4 Å². The molecular weight excluding hydrogens is 861 g/mol. The molecule has 0 fully saturated rings. The zero-order valence-corrected chi connectivity index (χ0v) is 39.1. The van der Waals surface area contributed by atoms with E-state index in [2.05, 4.69) is 231 Å². The Morgan fingerprint density at radius 3 is 1.51 bits per heavy atom. The summed E-state index contributed by atoms with van der Waals surface area (Å²) in [7, 11) is 0. The van der Waals surface area contributed by atoms with Gasteiger partial charge in [-0.15, -0.1) is 11.3 Å². The van der Waals surface area contributed by atoms with Gasteiger partial charge in [-0.25, -0.2) is 0 Å². The van der Waals surface area contributed by atoms with Gasteiger partial charge in [-0.2, -0.15) is 0 Å². The summed E-state index contributed by atoms with van der Waals surface area (Å²) in [4.78, 5) is 0. The summed E-state index contributed by atoms with van der Waals surface area (Å²) in [5.74, 6) is 0. The fourth-order valence-electron chi connectivity index (χ4n) is 13.7. The van der Waals surface area contributed by atoms with Crippen molar-refractivity contribution in [3.05, 3.63) is 264 Å². The van der Waals surface area contributed by atoms with E-state index in [4.69, 9.17) is 0 Å². The number of hydrogen-bond donors (Lipinski definition) is 0. The Hall–Kier alpha value is -8.36. The maximum Gasteiger partial charge on any atom is 0.0717 e. The molecular formula is C69H42S. The van der Waals surface area contributed by atoms with Gasteiger partial charge in [0.1, 0.15) is 0 Å². The van der Waals surface area contributed by atoms with Crippen LogP contribution in [0, 0.1) is 0 Å². The Balaban J connectivity index is 0.977. The molecule has 0 aliphatic heterocycles. The summed E-state index contributed by atoms with van der Waals surface area (Å²) in [6, 6.07) is 87.5. The molecule has 324 valence electrons. The predicted molar refractivity (Wildman–Crippen MR) is 300 cm³/mol. The minimum atomic E-state index is -0.472. The second kappa shape index (κ2) is 14.3. The fourth-order valence-corrected chi connectivity index (χ4v) is 15.0. The third kappa shape index (κ3) is 4.99. The lowest BCUT2D eigenvalue weighted by molar-refractivity contribution is 0.760. The summed E-state index contributed by atoms with van der Waals surface area (Å²) >= 11 is 2.00. The number of benzene rings is 13. The van der Waals surface area contributed by atoms with Crippen molar-refractivity contribution in [2.75, 3.05) is 0 Å². The van der Waals surface area contributed by atoms with Gasteiger partial charge >= 0.3 is 0 Å². The Bertz CT molecular complexity index is 4480. The molecule has 0 saturated heterocycles. The minimum Gasteiger partial charge on any atom is -0.134 e. The molecule has 1 heteroatoms. The first kappa shape index (κ1) is 38.6. The van der Waals surface area contributed by atoms with Gasteiger partial charge < -0.3 is 0 Å². The smallest absolute Gasteiger partial charge is 0.0717 e. The highest BCUT2D eigenvalue weighted by Crippen LogP contribution is 2.62. The summed E-state index contributed by atoms with van der Waals surface area (Å²) in [5.41, 5.74) is 15.8. The number of aryl methyl sites for hydroxylation is 2. The molecule has 0 amide bonds. The van der Waals surface area contributed by atoms with Crippen molar-refractivity contribution in [2.45, 2.75) is 18.3 Å². The van der Waals surface area contributed by atoms with Crippen LogP contribution in [0.3, 0.4) is 0 Å². The van der Waals surface area contributed by atoms with Gasteiger partial charge in [0, 0.05) is 25.6 Å². The van der Waals surface area contributed by atoms with E-state index in [-0.39, 0.29) is 0 Å². The quantitative estimate of drug-likeness (QED) is 0.119. The molecule has 2 aliphatic carbocycles. The van der Waals surface area contributed by atoms with Crippen LogP contribution in [0.5, 0.6) is 0 Å². The summed E-state index contributed by atoms with van der Waals surface area (Å²) in [6.07, 6.45) is 2.16. The molecule has 0 N–H and O–H groups in total. The van der Waals surface area contributed by atoms with Gasteiger partial charge in [0.25, 0.3) is 0 Å². The molecule has 0 saturated carbocycles. The normalized spacial score (nSPS) is 13.7. The van der Waals surface area contributed by atoms with Crippen molar-refractivity contribution < 1.29 is 0 Å². The lowest BCUT2D eigenvalue weighted by atomic mass is 9.65. The van der Waals surface area contributed by atoms with Gasteiger partial charge in [0.05, 0.1) is 5.41 Å². The Morgan fingerprint density at radius 1 is 0.343 bits per heavy atom. The molecule has 13 aromatic carbocycles. The van der Waals surface area contributed by atoms with E-state index in [0.717, 1.165) is 12.8 Å². The van der Waals surface area contributed by atoms with Crippen molar-refractivity contribution in [3.8, 4) is 33.4 Å². The van der Waals surface area contributed by atoms with Crippen LogP contribution in [-0.4, -0.2) is 0 Å². The average molecular weight is 903 g/mol. The minimum absolute atomic E-state index is 0.472. The summed E-state index contributed by atoms with van der Waals surface area (Å²) < 4.78 is 2.79. The topological polar surface area (TPSA) is 0 Å². The van der Waals surface area contributed by atoms with Gasteiger partial charge in [-0.3, -0.25) is 0 Å². The van der Waals surface area contributed by atoms with Crippen LogP contribution in [0.25, 0.3) is 118 Å². The summed E-state index contributed by atoms with van der Waals surface area (Å²) in [5, 5.41) is 18.5. The first-order valence-electron chi connectivity index (χ1n) is 24.7. The van der Waals surface area contributed by atoms with E-state index >= 15 is 0 Å². The Morgan fingerprint density at radius 2 is 0.857 bits per heavy atom. The van der Waals surface area contributed by atoms with E-state index in [1.54, 1.807) is 0 Å². The lowest BCUT2D eigenvalue weighted by Gasteiger charge is -2.36. The molecule has 14 aromatic rings. The van der Waals surface area contributed by atoms with E-state index in [0.29, 0.717) is 0 Å². The number of thiophene rings is 1. The maximum atomic E-state index is 2.59. The predicted octanol–water partition coefficient (Wildman–Crippen LogP) is 18.8. The van der Waals surface area contributed by atoms with Crippen LogP contribution in [0.15, 0.2) is 231 Å². The highest BCUT2D eigenvalue weighted by Gasteiger charge is 2.48. The van der Waals surface area contributed by atoms with E-state index < -0.39 is 5.41 Å². The average Bonchev–Trinajstić information content (AvgIpc) is 4.14. The van der Waals surface area contributed by atoms with Gasteiger partial charge in [0.2, 0.25) is 0 Å². The second-order valence-corrected chi connectivity index (χ2v) is 20.7. The van der Waals surface area contributed by atoms with Gasteiger partial charge in [-0.05, 0) is 157 Å². The van der Waals surface area contributed by atoms with Gasteiger partial charge in [-0.1, -0.05) is 212 Å². The zero-order chi connectivity index (χ0) is 45.7. The molecule has 0 spiro atoms. The molecule has 1 heterocycles. The second-order valence-electron chi connectivity index (χ2n) is 19.6. The van der Waals surface area contributed by atoms with E-state index in [9.17, 15) is 0 Å². The summed E-state index contributed by atoms with van der Waals surface area (Å²) in [6.45, 7) is 0. The highest BCUT2D eigenvalue weighted by molar-refractivity contribution is 7.27. The molecule has 70 heavy (non-hydrogen) atoms. The lowest BCUT2D eigenvalue weighted by Crippen LogP contribution is -2.30. The number of hydrogen-bond acceptors (Lipinski definition) is 1. The molecule has 0 atom stereocenters. The zero-order valence-electron chi connectivity index (χ0n) is 38.3. The third-order valence-corrected chi connectivity index (χ3v) is 17.5. The van der Waals surface area contributed by atoms with Crippen molar-refractivity contribution in [3.63, 3.8) is 0 Å². The largest absolute Gasteiger partial charge is 0.134 e. The van der Waals surface area contributed by atoms with Crippen molar-refractivity contribution in [1.29, 1.82) is 0 Å². The molecule has 0 unspecified atom stereocenters. The molecule has 0 radical (unpaired) electrons. The Labute approximate surface area is 409 Å². The standard InChI is InChI=1S/C69H42S/c1-3-20-44(21-4-1)69(45-22-5-2-6-23-45)60-39-43(40-61-65(60)66-67(69)57-35-34-41-19-17-33-58(62(41)57)68(66)70-61)47-36-37-56(50-27-11-9-26-49(47)50)63-52-29-13-15-31-54(52)64(55-32-16-14-30-53(55)63)59-38-42-18-7-8-24-46(42)48-25-10-12-28-51(48)59/h1-33,36-40H,34-35H2. The first-order chi connectivity index (χ1) is 34.8. The van der Waals surface area contributed by atoms with Crippen LogP contribution in [-0.2, 0) is 18.3 Å². The number of rotatable bonds is 5. The molecule has 16 rings (SSSR count). The van der Waals surface area contributed by atoms with E-state index in [1.807, 2.05) is 11.3 Å². The van der Waals surface area contributed by atoms with E-state index in [1.165, 1.54) is 152 Å². The van der Waals surface area contributed by atoms with Gasteiger partial charge in [0.15, 0.2) is 0 Å². The maximum absolute atomic E-state index is 2.59. The molecule has 2 aliphatic rings. The Kier molecular flexibility index (Phi) is 7.91. The third-order valence-electron chi connectivity index (χ3n) is 16.4. The highest BCUT2D eigenvalue weighted by atomic mass is 32.1. The van der Waals surface area contributed by atoms with Crippen molar-refractivity contribution in [1.82, 2.24) is 0 Å². The van der Waals surface area contributed by atoms with Crippen LogP contribution < -0.4 is 0 Å². The first-order valence-corrected chi connectivity index (χ1v) is 25.5. The molecule has 0 bridgehead atoms. The van der Waals surface area contributed by atoms with Crippen molar-refractivity contribution in [2.24, 2.45) is 0 Å². The van der Waals surface area contributed by atoms with Crippen molar-refractivity contribution >= 4 is 96.1 Å². The van der Waals surface area contributed by atoms with Crippen LogP contribution in [0.4, 0.5) is 0 Å². The molecule has 1 aromatic heterocycles.